The zero-order valence-electron chi connectivity index (χ0n) is 19.7. The van der Waals surface area contributed by atoms with Crippen molar-refractivity contribution in [2.75, 3.05) is 39.3 Å². The number of nitrogens with one attached hydrogen (secondary N) is 3. The molecule has 0 spiro atoms. The first-order chi connectivity index (χ1) is 15.5. The van der Waals surface area contributed by atoms with E-state index in [9.17, 15) is 4.79 Å². The van der Waals surface area contributed by atoms with Gasteiger partial charge in [-0.2, -0.15) is 0 Å². The lowest BCUT2D eigenvalue weighted by molar-refractivity contribution is 0.552. The van der Waals surface area contributed by atoms with E-state index >= 15 is 0 Å². The van der Waals surface area contributed by atoms with E-state index in [0.717, 1.165) is 97.3 Å². The summed E-state index contributed by atoms with van der Waals surface area (Å²) in [6.45, 7) is 12.6. The van der Waals surface area contributed by atoms with Crippen LogP contribution in [0.5, 0.6) is 0 Å². The van der Waals surface area contributed by atoms with E-state index in [2.05, 4.69) is 22.9 Å². The first-order valence-corrected chi connectivity index (χ1v) is 11.8. The van der Waals surface area contributed by atoms with Crippen molar-refractivity contribution in [3.8, 4) is 0 Å². The minimum absolute atomic E-state index is 0.321. The molecule has 0 aliphatic heterocycles. The van der Waals surface area contributed by atoms with Crippen molar-refractivity contribution >= 4 is 21.9 Å². The number of nitrogens with two attached hydrogens (primary N) is 1. The van der Waals surface area contributed by atoms with Gasteiger partial charge in [0.25, 0.3) is 0 Å². The van der Waals surface area contributed by atoms with E-state index in [1.165, 1.54) is 12.8 Å². The molecule has 5 N–H and O–H groups in total. The maximum absolute atomic E-state index is 11.8. The predicted molar refractivity (Wildman–Crippen MR) is 131 cm³/mol. The molecule has 7 nitrogen and oxygen atoms in total. The van der Waals surface area contributed by atoms with Crippen molar-refractivity contribution in [1.82, 2.24) is 16.0 Å². The first-order valence-electron chi connectivity index (χ1n) is 11.8. The second-order valence-corrected chi connectivity index (χ2v) is 8.55. The van der Waals surface area contributed by atoms with E-state index < -0.39 is 0 Å². The summed E-state index contributed by atoms with van der Waals surface area (Å²) in [5, 5.41) is 12.6. The normalized spacial score (nSPS) is 11.8. The van der Waals surface area contributed by atoms with Crippen molar-refractivity contribution in [2.45, 2.75) is 53.0 Å². The van der Waals surface area contributed by atoms with Gasteiger partial charge in [0.2, 0.25) is 0 Å². The highest BCUT2D eigenvalue weighted by molar-refractivity contribution is 6.03. The van der Waals surface area contributed by atoms with Gasteiger partial charge in [-0.3, -0.25) is 0 Å². The Kier molecular flexibility index (Phi) is 9.29. The molecule has 3 aromatic rings. The molecule has 3 rings (SSSR count). The van der Waals surface area contributed by atoms with Crippen LogP contribution >= 0.6 is 0 Å². The van der Waals surface area contributed by atoms with Crippen molar-refractivity contribution in [2.24, 2.45) is 5.73 Å². The van der Waals surface area contributed by atoms with Crippen molar-refractivity contribution in [3.05, 3.63) is 45.0 Å². The van der Waals surface area contributed by atoms with Crippen LogP contribution in [0.15, 0.2) is 26.0 Å². The minimum Gasteiger partial charge on any atom is -0.464 e. The first kappa shape index (κ1) is 24.5. The SMILES string of the molecule is Cc1c2oc(=O)cc(C)c2c(C)c2c(CNCCCNCCCCNCCCN)coc12. The van der Waals surface area contributed by atoms with Crippen LogP contribution in [0.25, 0.3) is 21.9 Å². The Hall–Kier alpha value is -2.19. The van der Waals surface area contributed by atoms with Crippen LogP contribution in [-0.2, 0) is 6.54 Å². The van der Waals surface area contributed by atoms with E-state index in [1.807, 2.05) is 20.1 Å². The van der Waals surface area contributed by atoms with Gasteiger partial charge in [-0.1, -0.05) is 0 Å². The average Bonchev–Trinajstić information content (AvgIpc) is 3.19. The van der Waals surface area contributed by atoms with Gasteiger partial charge in [0.05, 0.1) is 6.26 Å². The molecule has 32 heavy (non-hydrogen) atoms. The minimum atomic E-state index is -0.321. The van der Waals surface area contributed by atoms with Crippen LogP contribution in [0.3, 0.4) is 0 Å². The Bertz CT molecular complexity index is 1070. The molecule has 0 saturated carbocycles. The zero-order chi connectivity index (χ0) is 22.9. The number of hydrogen-bond acceptors (Lipinski definition) is 7. The van der Waals surface area contributed by atoms with Gasteiger partial charge in [0.1, 0.15) is 11.2 Å². The Morgan fingerprint density at radius 1 is 0.812 bits per heavy atom. The summed E-state index contributed by atoms with van der Waals surface area (Å²) in [6, 6.07) is 1.56. The number of unbranched alkanes of at least 4 members (excludes halogenated alkanes) is 1. The van der Waals surface area contributed by atoms with E-state index in [4.69, 9.17) is 14.6 Å². The van der Waals surface area contributed by atoms with E-state index in [1.54, 1.807) is 6.07 Å². The maximum atomic E-state index is 11.8. The average molecular weight is 443 g/mol. The van der Waals surface area contributed by atoms with Gasteiger partial charge in [-0.05, 0) is 96.8 Å². The summed E-state index contributed by atoms with van der Waals surface area (Å²) in [5.74, 6) is 0. The van der Waals surface area contributed by atoms with Gasteiger partial charge >= 0.3 is 5.63 Å². The second-order valence-electron chi connectivity index (χ2n) is 8.55. The van der Waals surface area contributed by atoms with Crippen LogP contribution in [-0.4, -0.2) is 39.3 Å². The number of furan rings is 1. The molecule has 0 amide bonds. The van der Waals surface area contributed by atoms with Gasteiger partial charge < -0.3 is 30.5 Å². The lowest BCUT2D eigenvalue weighted by Gasteiger charge is -2.10. The molecule has 0 aliphatic carbocycles. The molecule has 7 heteroatoms. The highest BCUT2D eigenvalue weighted by Crippen LogP contribution is 2.35. The van der Waals surface area contributed by atoms with Crippen molar-refractivity contribution in [1.29, 1.82) is 0 Å². The van der Waals surface area contributed by atoms with Crippen molar-refractivity contribution < 1.29 is 8.83 Å². The summed E-state index contributed by atoms with van der Waals surface area (Å²) in [5.41, 5.74) is 10.7. The third kappa shape index (κ3) is 5.98. The molecule has 0 unspecified atom stereocenters. The topological polar surface area (TPSA) is 105 Å². The lowest BCUT2D eigenvalue weighted by atomic mass is 9.97. The van der Waals surface area contributed by atoms with E-state index in [0.29, 0.717) is 5.58 Å². The molecule has 0 bridgehead atoms. The van der Waals surface area contributed by atoms with Gasteiger partial charge in [0.15, 0.2) is 0 Å². The Morgan fingerprint density at radius 2 is 1.47 bits per heavy atom. The van der Waals surface area contributed by atoms with Gasteiger partial charge in [-0.15, -0.1) is 0 Å². The molecule has 0 radical (unpaired) electrons. The van der Waals surface area contributed by atoms with Crippen LogP contribution in [0, 0.1) is 20.8 Å². The Morgan fingerprint density at radius 3 is 2.19 bits per heavy atom. The summed E-state index contributed by atoms with van der Waals surface area (Å²) >= 11 is 0. The maximum Gasteiger partial charge on any atom is 0.336 e. The smallest absolute Gasteiger partial charge is 0.336 e. The largest absolute Gasteiger partial charge is 0.464 e. The molecule has 2 aromatic heterocycles. The molecule has 0 aliphatic rings. The Labute approximate surface area is 190 Å². The molecule has 2 heterocycles. The molecule has 0 saturated heterocycles. The standard InChI is InChI=1S/C25H38N4O3/c1-17-14-21(30)32-25-19(3)24-23(18(2)22(17)25)20(16-31-24)15-29-13-7-12-28-10-5-4-9-27-11-6-8-26/h14,16,27-29H,4-13,15,26H2,1-3H3. The highest BCUT2D eigenvalue weighted by Gasteiger charge is 2.18. The number of rotatable bonds is 14. The molecular weight excluding hydrogens is 404 g/mol. The summed E-state index contributed by atoms with van der Waals surface area (Å²) in [4.78, 5) is 11.8. The number of fused-ring (bicyclic) bond motifs is 2. The number of benzene rings is 1. The predicted octanol–water partition coefficient (Wildman–Crippen LogP) is 3.25. The van der Waals surface area contributed by atoms with Crippen LogP contribution in [0.4, 0.5) is 0 Å². The third-order valence-electron chi connectivity index (χ3n) is 5.99. The molecule has 0 atom stereocenters. The van der Waals surface area contributed by atoms with Crippen LogP contribution in [0.2, 0.25) is 0 Å². The third-order valence-corrected chi connectivity index (χ3v) is 5.99. The fraction of sp³-hybridized carbons (Fsp3) is 0.560. The quantitative estimate of drug-likeness (QED) is 0.224. The number of hydrogen-bond donors (Lipinski definition) is 4. The van der Waals surface area contributed by atoms with Gasteiger partial charge in [0, 0.05) is 34.5 Å². The lowest BCUT2D eigenvalue weighted by Crippen LogP contribution is -2.24. The van der Waals surface area contributed by atoms with Crippen LogP contribution < -0.4 is 27.3 Å². The zero-order valence-corrected chi connectivity index (χ0v) is 19.7. The molecule has 1 aromatic carbocycles. The molecule has 176 valence electrons. The molecular formula is C25H38N4O3. The second kappa shape index (κ2) is 12.2. The summed E-state index contributed by atoms with van der Waals surface area (Å²) < 4.78 is 11.4. The molecule has 0 fully saturated rings. The van der Waals surface area contributed by atoms with E-state index in [-0.39, 0.29) is 5.63 Å². The highest BCUT2D eigenvalue weighted by atomic mass is 16.4. The summed E-state index contributed by atoms with van der Waals surface area (Å²) in [7, 11) is 0. The monoisotopic (exact) mass is 442 g/mol. The fourth-order valence-electron chi connectivity index (χ4n) is 4.32. The van der Waals surface area contributed by atoms with Gasteiger partial charge in [-0.25, -0.2) is 4.79 Å². The van der Waals surface area contributed by atoms with Crippen molar-refractivity contribution in [3.63, 3.8) is 0 Å². The Balaban J connectivity index is 1.45. The summed E-state index contributed by atoms with van der Waals surface area (Å²) in [6.07, 6.45) is 6.34. The number of aryl methyl sites for hydroxylation is 3. The fourth-order valence-corrected chi connectivity index (χ4v) is 4.32. The van der Waals surface area contributed by atoms with Crippen LogP contribution in [0.1, 0.15) is 47.9 Å².